The Kier molecular flexibility index (Phi) is 7.78. The highest BCUT2D eigenvalue weighted by molar-refractivity contribution is 6.39. The lowest BCUT2D eigenvalue weighted by molar-refractivity contribution is -0.122. The molecule has 1 heterocycles. The lowest BCUT2D eigenvalue weighted by atomic mass is 10.0. The van der Waals surface area contributed by atoms with Gasteiger partial charge in [0.2, 0.25) is 0 Å². The van der Waals surface area contributed by atoms with Crippen molar-refractivity contribution in [1.29, 1.82) is 0 Å². The van der Waals surface area contributed by atoms with Crippen molar-refractivity contribution in [2.24, 2.45) is 0 Å². The SMILES string of the molecule is COc1ccccc1NC(=O)COc1ccc(Cl)cc1/C=C1/C(=O)NC(=O)N(c2ccc(C)c(C)c2)C1=O. The zero-order valence-corrected chi connectivity index (χ0v) is 21.6. The van der Waals surface area contributed by atoms with Crippen LogP contribution >= 0.6 is 11.6 Å². The number of carbonyl (C=O) groups excluding carboxylic acids is 4. The van der Waals surface area contributed by atoms with E-state index >= 15 is 0 Å². The van der Waals surface area contributed by atoms with Crippen LogP contribution in [0.4, 0.5) is 16.2 Å². The van der Waals surface area contributed by atoms with E-state index in [0.29, 0.717) is 22.1 Å². The normalized spacial score (nSPS) is 14.4. The third-order valence-electron chi connectivity index (χ3n) is 5.86. The Morgan fingerprint density at radius 1 is 1.00 bits per heavy atom. The summed E-state index contributed by atoms with van der Waals surface area (Å²) in [5.41, 5.74) is 2.64. The van der Waals surface area contributed by atoms with Crippen LogP contribution in [0.2, 0.25) is 5.02 Å². The van der Waals surface area contributed by atoms with Crippen molar-refractivity contribution in [2.45, 2.75) is 13.8 Å². The molecule has 1 aliphatic heterocycles. The second kappa shape index (κ2) is 11.2. The van der Waals surface area contributed by atoms with Crippen molar-refractivity contribution in [3.8, 4) is 11.5 Å². The van der Waals surface area contributed by atoms with Gasteiger partial charge in [-0.25, -0.2) is 9.69 Å². The minimum Gasteiger partial charge on any atom is -0.495 e. The van der Waals surface area contributed by atoms with Crippen LogP contribution < -0.4 is 25.0 Å². The molecule has 0 unspecified atom stereocenters. The lowest BCUT2D eigenvalue weighted by Gasteiger charge is -2.27. The third-order valence-corrected chi connectivity index (χ3v) is 6.10. The van der Waals surface area contributed by atoms with Gasteiger partial charge in [-0.1, -0.05) is 29.8 Å². The Bertz CT molecular complexity index is 1480. The molecule has 0 bridgehead atoms. The standard InChI is InChI=1S/C28H24ClN3O6/c1-16-8-10-20(12-17(16)2)32-27(35)21(26(34)31-28(32)36)14-18-13-19(29)9-11-23(18)38-15-25(33)30-22-6-4-5-7-24(22)37-3/h4-14H,15H2,1-3H3,(H,30,33)(H,31,34,36)/b21-14-. The number of hydrogen-bond donors (Lipinski definition) is 2. The van der Waals surface area contributed by atoms with E-state index < -0.39 is 23.8 Å². The van der Waals surface area contributed by atoms with Crippen molar-refractivity contribution in [3.05, 3.63) is 87.9 Å². The summed E-state index contributed by atoms with van der Waals surface area (Å²) in [6.07, 6.45) is 1.28. The number of halogens is 1. The molecule has 3 aromatic carbocycles. The van der Waals surface area contributed by atoms with Gasteiger partial charge in [0.15, 0.2) is 6.61 Å². The third kappa shape index (κ3) is 5.68. The van der Waals surface area contributed by atoms with E-state index in [1.54, 1.807) is 48.5 Å². The van der Waals surface area contributed by atoms with Crippen LogP contribution in [0.25, 0.3) is 6.08 Å². The van der Waals surface area contributed by atoms with Crippen LogP contribution in [-0.4, -0.2) is 37.5 Å². The maximum atomic E-state index is 13.3. The number of rotatable bonds is 7. The zero-order valence-electron chi connectivity index (χ0n) is 20.8. The summed E-state index contributed by atoms with van der Waals surface area (Å²) in [6, 6.07) is 15.7. The van der Waals surface area contributed by atoms with Crippen LogP contribution in [0, 0.1) is 13.8 Å². The second-order valence-corrected chi connectivity index (χ2v) is 8.88. The molecular formula is C28H24ClN3O6. The molecule has 3 aromatic rings. The smallest absolute Gasteiger partial charge is 0.335 e. The molecule has 1 aliphatic rings. The van der Waals surface area contributed by atoms with E-state index in [1.807, 2.05) is 13.8 Å². The fraction of sp³-hybridized carbons (Fsp3) is 0.143. The van der Waals surface area contributed by atoms with Gasteiger partial charge in [0.1, 0.15) is 17.1 Å². The van der Waals surface area contributed by atoms with Crippen molar-refractivity contribution in [2.75, 3.05) is 23.9 Å². The number of carbonyl (C=O) groups is 4. The van der Waals surface area contributed by atoms with E-state index in [1.165, 1.54) is 25.3 Å². The van der Waals surface area contributed by atoms with E-state index in [0.717, 1.165) is 16.0 Å². The van der Waals surface area contributed by atoms with E-state index in [4.69, 9.17) is 21.1 Å². The first-order valence-electron chi connectivity index (χ1n) is 11.5. The molecule has 1 saturated heterocycles. The molecule has 0 aromatic heterocycles. The fourth-order valence-corrected chi connectivity index (χ4v) is 3.93. The van der Waals surface area contributed by atoms with Crippen LogP contribution in [0.1, 0.15) is 16.7 Å². The monoisotopic (exact) mass is 533 g/mol. The summed E-state index contributed by atoms with van der Waals surface area (Å²) < 4.78 is 10.9. The molecule has 0 aliphatic carbocycles. The Morgan fingerprint density at radius 2 is 1.76 bits per heavy atom. The summed E-state index contributed by atoms with van der Waals surface area (Å²) in [7, 11) is 1.49. The summed E-state index contributed by atoms with van der Waals surface area (Å²) >= 11 is 6.16. The molecule has 9 nitrogen and oxygen atoms in total. The Hall–Kier alpha value is -4.63. The van der Waals surface area contributed by atoms with Gasteiger partial charge >= 0.3 is 6.03 Å². The Balaban J connectivity index is 1.59. The Morgan fingerprint density at radius 3 is 2.50 bits per heavy atom. The predicted molar refractivity (Wildman–Crippen MR) is 143 cm³/mol. The van der Waals surface area contributed by atoms with Gasteiger partial charge in [0.25, 0.3) is 17.7 Å². The molecule has 4 rings (SSSR count). The van der Waals surface area contributed by atoms with E-state index in [9.17, 15) is 19.2 Å². The fourth-order valence-electron chi connectivity index (χ4n) is 3.75. The maximum Gasteiger partial charge on any atom is 0.335 e. The largest absolute Gasteiger partial charge is 0.495 e. The summed E-state index contributed by atoms with van der Waals surface area (Å²) in [6.45, 7) is 3.39. The zero-order chi connectivity index (χ0) is 27.4. The molecular weight excluding hydrogens is 510 g/mol. The summed E-state index contributed by atoms with van der Waals surface area (Å²) in [5, 5.41) is 5.21. The first-order chi connectivity index (χ1) is 18.2. The number of methoxy groups -OCH3 is 1. The van der Waals surface area contributed by atoms with Crippen LogP contribution in [0.5, 0.6) is 11.5 Å². The molecule has 194 valence electrons. The highest BCUT2D eigenvalue weighted by Gasteiger charge is 2.37. The highest BCUT2D eigenvalue weighted by atomic mass is 35.5. The van der Waals surface area contributed by atoms with E-state index in [-0.39, 0.29) is 23.5 Å². The Labute approximate surface area is 224 Å². The number of hydrogen-bond acceptors (Lipinski definition) is 6. The molecule has 1 fully saturated rings. The van der Waals surface area contributed by atoms with Gasteiger partial charge in [-0.15, -0.1) is 0 Å². The van der Waals surface area contributed by atoms with Crippen LogP contribution in [-0.2, 0) is 14.4 Å². The number of anilines is 2. The van der Waals surface area contributed by atoms with Crippen molar-refractivity contribution in [1.82, 2.24) is 5.32 Å². The first kappa shape index (κ1) is 26.4. The van der Waals surface area contributed by atoms with Gasteiger partial charge in [-0.3, -0.25) is 19.7 Å². The molecule has 0 atom stereocenters. The minimum absolute atomic E-state index is 0.201. The molecule has 0 saturated carbocycles. The molecule has 10 heteroatoms. The van der Waals surface area contributed by atoms with Gasteiger partial charge in [0.05, 0.1) is 18.5 Å². The number of aryl methyl sites for hydroxylation is 2. The van der Waals surface area contributed by atoms with Gasteiger partial charge < -0.3 is 14.8 Å². The molecule has 0 spiro atoms. The lowest BCUT2D eigenvalue weighted by Crippen LogP contribution is -2.54. The minimum atomic E-state index is -0.861. The van der Waals surface area contributed by atoms with Gasteiger partial charge in [-0.2, -0.15) is 0 Å². The number of para-hydroxylation sites is 2. The van der Waals surface area contributed by atoms with Crippen LogP contribution in [0.15, 0.2) is 66.2 Å². The average molecular weight is 534 g/mol. The number of amides is 5. The highest BCUT2D eigenvalue weighted by Crippen LogP contribution is 2.29. The molecule has 5 amide bonds. The van der Waals surface area contributed by atoms with Gasteiger partial charge in [0, 0.05) is 10.6 Å². The van der Waals surface area contributed by atoms with Crippen LogP contribution in [0.3, 0.4) is 0 Å². The van der Waals surface area contributed by atoms with Gasteiger partial charge in [-0.05, 0) is 73.5 Å². The number of urea groups is 1. The second-order valence-electron chi connectivity index (χ2n) is 8.45. The number of nitrogens with one attached hydrogen (secondary N) is 2. The maximum absolute atomic E-state index is 13.3. The predicted octanol–water partition coefficient (Wildman–Crippen LogP) is 4.65. The van der Waals surface area contributed by atoms with Crippen molar-refractivity contribution >= 4 is 52.8 Å². The molecule has 0 radical (unpaired) electrons. The average Bonchev–Trinajstić information content (AvgIpc) is 2.88. The van der Waals surface area contributed by atoms with Crippen molar-refractivity contribution in [3.63, 3.8) is 0 Å². The topological polar surface area (TPSA) is 114 Å². The molecule has 2 N–H and O–H groups in total. The van der Waals surface area contributed by atoms with E-state index in [2.05, 4.69) is 10.6 Å². The number of ether oxygens (including phenoxy) is 2. The number of barbiturate groups is 1. The van der Waals surface area contributed by atoms with Crippen molar-refractivity contribution < 1.29 is 28.7 Å². The summed E-state index contributed by atoms with van der Waals surface area (Å²) in [5.74, 6) is -1.43. The quantitative estimate of drug-likeness (QED) is 0.337. The number of benzene rings is 3. The first-order valence-corrected chi connectivity index (χ1v) is 11.9. The molecule has 38 heavy (non-hydrogen) atoms. The number of imide groups is 2. The number of nitrogens with zero attached hydrogens (tertiary/aromatic N) is 1. The summed E-state index contributed by atoms with van der Waals surface area (Å²) in [4.78, 5) is 51.9.